The molecule has 1 N–H and O–H groups in total. The Hall–Kier alpha value is -1.26. The van der Waals surface area contributed by atoms with Crippen molar-refractivity contribution in [1.82, 2.24) is 5.32 Å². The maximum absolute atomic E-state index is 5.62. The number of methoxy groups -OCH3 is 3. The molecular weight excluding hydrogens is 266 g/mol. The van der Waals surface area contributed by atoms with Crippen molar-refractivity contribution in [2.24, 2.45) is 0 Å². The molecule has 118 valence electrons. The highest BCUT2D eigenvalue weighted by Crippen LogP contribution is 2.31. The lowest BCUT2D eigenvalue weighted by Gasteiger charge is -2.33. The molecule has 3 unspecified atom stereocenters. The molecular formula is C17H27NO3. The second kappa shape index (κ2) is 7.66. The topological polar surface area (TPSA) is 39.7 Å². The van der Waals surface area contributed by atoms with E-state index < -0.39 is 0 Å². The number of hydrogen-bond donors (Lipinski definition) is 1. The van der Waals surface area contributed by atoms with Gasteiger partial charge < -0.3 is 19.5 Å². The number of rotatable bonds is 6. The van der Waals surface area contributed by atoms with Crippen LogP contribution in [0.15, 0.2) is 18.2 Å². The van der Waals surface area contributed by atoms with Gasteiger partial charge in [0.2, 0.25) is 0 Å². The zero-order valence-corrected chi connectivity index (χ0v) is 13.5. The summed E-state index contributed by atoms with van der Waals surface area (Å²) in [7, 11) is 5.20. The van der Waals surface area contributed by atoms with E-state index in [1.807, 2.05) is 25.3 Å². The quantitative estimate of drug-likeness (QED) is 0.873. The van der Waals surface area contributed by atoms with E-state index >= 15 is 0 Å². The Morgan fingerprint density at radius 1 is 1.10 bits per heavy atom. The van der Waals surface area contributed by atoms with Crippen molar-refractivity contribution in [3.05, 3.63) is 23.8 Å². The molecule has 1 aromatic rings. The van der Waals surface area contributed by atoms with E-state index in [0.717, 1.165) is 29.9 Å². The molecule has 2 rings (SSSR count). The van der Waals surface area contributed by atoms with Crippen LogP contribution in [0.1, 0.15) is 44.2 Å². The third-order valence-electron chi connectivity index (χ3n) is 4.37. The van der Waals surface area contributed by atoms with Crippen molar-refractivity contribution in [1.29, 1.82) is 0 Å². The molecule has 1 fully saturated rings. The van der Waals surface area contributed by atoms with Crippen molar-refractivity contribution in [3.8, 4) is 11.5 Å². The van der Waals surface area contributed by atoms with Gasteiger partial charge in [-0.25, -0.2) is 0 Å². The molecule has 0 spiro atoms. The second-order valence-electron chi connectivity index (χ2n) is 5.66. The predicted molar refractivity (Wildman–Crippen MR) is 84.1 cm³/mol. The number of nitrogens with one attached hydrogen (secondary N) is 1. The number of benzene rings is 1. The first kappa shape index (κ1) is 16.1. The van der Waals surface area contributed by atoms with Gasteiger partial charge in [-0.15, -0.1) is 0 Å². The van der Waals surface area contributed by atoms with Crippen LogP contribution in [-0.4, -0.2) is 33.5 Å². The molecule has 0 bridgehead atoms. The molecule has 4 heteroatoms. The first-order valence-corrected chi connectivity index (χ1v) is 7.70. The average molecular weight is 293 g/mol. The molecule has 1 saturated carbocycles. The third kappa shape index (κ3) is 3.89. The Bertz CT molecular complexity index is 450. The zero-order chi connectivity index (χ0) is 15.2. The van der Waals surface area contributed by atoms with Crippen LogP contribution in [0.3, 0.4) is 0 Å². The van der Waals surface area contributed by atoms with Crippen molar-refractivity contribution in [3.63, 3.8) is 0 Å². The van der Waals surface area contributed by atoms with E-state index in [0.29, 0.717) is 12.1 Å². The van der Waals surface area contributed by atoms with Gasteiger partial charge in [0, 0.05) is 24.8 Å². The lowest BCUT2D eigenvalue weighted by Crippen LogP contribution is -2.44. The molecule has 21 heavy (non-hydrogen) atoms. The summed E-state index contributed by atoms with van der Waals surface area (Å²) in [4.78, 5) is 0. The van der Waals surface area contributed by atoms with Crippen molar-refractivity contribution in [2.75, 3.05) is 21.3 Å². The standard InChI is InChI=1S/C17H27NO3/c1-12(18-15-7-5-6-8-17(15)21-4)14-11-13(19-2)9-10-16(14)20-3/h9-12,15,17-18H,5-8H2,1-4H3. The fraction of sp³-hybridized carbons (Fsp3) is 0.647. The van der Waals surface area contributed by atoms with Gasteiger partial charge in [-0.1, -0.05) is 12.8 Å². The summed E-state index contributed by atoms with van der Waals surface area (Å²) in [5.41, 5.74) is 1.12. The largest absolute Gasteiger partial charge is 0.497 e. The molecule has 0 radical (unpaired) electrons. The highest BCUT2D eigenvalue weighted by atomic mass is 16.5. The lowest BCUT2D eigenvalue weighted by atomic mass is 9.91. The maximum atomic E-state index is 5.62. The minimum atomic E-state index is 0.191. The molecule has 3 atom stereocenters. The highest BCUT2D eigenvalue weighted by molar-refractivity contribution is 5.42. The summed E-state index contributed by atoms with van der Waals surface area (Å²) >= 11 is 0. The molecule has 4 nitrogen and oxygen atoms in total. The van der Waals surface area contributed by atoms with Gasteiger partial charge in [0.25, 0.3) is 0 Å². The second-order valence-corrected chi connectivity index (χ2v) is 5.66. The lowest BCUT2D eigenvalue weighted by molar-refractivity contribution is 0.0383. The minimum absolute atomic E-state index is 0.191. The Labute approximate surface area is 127 Å². The Kier molecular flexibility index (Phi) is 5.88. The summed E-state index contributed by atoms with van der Waals surface area (Å²) in [5, 5.41) is 3.70. The van der Waals surface area contributed by atoms with Gasteiger partial charge in [0.05, 0.1) is 20.3 Å². The smallest absolute Gasteiger partial charge is 0.123 e. The van der Waals surface area contributed by atoms with Gasteiger partial charge in [0.15, 0.2) is 0 Å². The molecule has 1 aliphatic carbocycles. The minimum Gasteiger partial charge on any atom is -0.497 e. The molecule has 1 aliphatic rings. The molecule has 0 aromatic heterocycles. The van der Waals surface area contributed by atoms with Crippen LogP contribution in [0, 0.1) is 0 Å². The van der Waals surface area contributed by atoms with E-state index in [1.165, 1.54) is 12.8 Å². The first-order valence-electron chi connectivity index (χ1n) is 7.70. The third-order valence-corrected chi connectivity index (χ3v) is 4.37. The van der Waals surface area contributed by atoms with Crippen molar-refractivity contribution >= 4 is 0 Å². The van der Waals surface area contributed by atoms with Gasteiger partial charge in [-0.2, -0.15) is 0 Å². The molecule has 1 aromatic carbocycles. The summed E-state index contributed by atoms with van der Waals surface area (Å²) in [6.45, 7) is 2.17. The molecule has 0 heterocycles. The zero-order valence-electron chi connectivity index (χ0n) is 13.5. The summed E-state index contributed by atoms with van der Waals surface area (Å²) in [6, 6.07) is 6.51. The summed E-state index contributed by atoms with van der Waals surface area (Å²) < 4.78 is 16.4. The van der Waals surface area contributed by atoms with Crippen LogP contribution in [0.5, 0.6) is 11.5 Å². The van der Waals surface area contributed by atoms with Gasteiger partial charge in [-0.05, 0) is 38.0 Å². The van der Waals surface area contributed by atoms with Gasteiger partial charge in [-0.3, -0.25) is 0 Å². The normalized spacial score (nSPS) is 23.6. The van der Waals surface area contributed by atoms with Crippen LogP contribution in [0.4, 0.5) is 0 Å². The van der Waals surface area contributed by atoms with E-state index in [2.05, 4.69) is 12.2 Å². The van der Waals surface area contributed by atoms with Crippen LogP contribution in [0.2, 0.25) is 0 Å². The maximum Gasteiger partial charge on any atom is 0.123 e. The monoisotopic (exact) mass is 293 g/mol. The first-order chi connectivity index (χ1) is 10.2. The fourth-order valence-electron chi connectivity index (χ4n) is 3.16. The van der Waals surface area contributed by atoms with Crippen LogP contribution in [0.25, 0.3) is 0 Å². The van der Waals surface area contributed by atoms with Crippen molar-refractivity contribution < 1.29 is 14.2 Å². The SMILES string of the molecule is COc1ccc(OC)c(C(C)NC2CCCCC2OC)c1. The van der Waals surface area contributed by atoms with Crippen LogP contribution >= 0.6 is 0 Å². The van der Waals surface area contributed by atoms with Crippen LogP contribution in [-0.2, 0) is 4.74 Å². The highest BCUT2D eigenvalue weighted by Gasteiger charge is 2.27. The summed E-state index contributed by atoms with van der Waals surface area (Å²) in [6.07, 6.45) is 5.12. The molecule has 0 amide bonds. The Morgan fingerprint density at radius 2 is 1.86 bits per heavy atom. The van der Waals surface area contributed by atoms with E-state index in [1.54, 1.807) is 14.2 Å². The Balaban J connectivity index is 2.13. The fourth-order valence-corrected chi connectivity index (χ4v) is 3.16. The predicted octanol–water partition coefficient (Wildman–Crippen LogP) is 3.31. The van der Waals surface area contributed by atoms with E-state index in [9.17, 15) is 0 Å². The number of hydrogen-bond acceptors (Lipinski definition) is 4. The van der Waals surface area contributed by atoms with E-state index in [4.69, 9.17) is 14.2 Å². The molecule has 0 saturated heterocycles. The number of ether oxygens (including phenoxy) is 3. The van der Waals surface area contributed by atoms with Gasteiger partial charge in [0.1, 0.15) is 11.5 Å². The van der Waals surface area contributed by atoms with Gasteiger partial charge >= 0.3 is 0 Å². The van der Waals surface area contributed by atoms with Crippen LogP contribution < -0.4 is 14.8 Å². The Morgan fingerprint density at radius 3 is 2.52 bits per heavy atom. The van der Waals surface area contributed by atoms with E-state index in [-0.39, 0.29) is 6.04 Å². The molecule has 0 aliphatic heterocycles. The van der Waals surface area contributed by atoms with Crippen molar-refractivity contribution in [2.45, 2.75) is 50.8 Å². The average Bonchev–Trinajstić information content (AvgIpc) is 2.54. The summed E-state index contributed by atoms with van der Waals surface area (Å²) in [5.74, 6) is 1.74.